The van der Waals surface area contributed by atoms with Crippen LogP contribution in [-0.4, -0.2) is 15.0 Å². The standard InChI is InChI=1S/C33H25N3O/c1-19(2)22-11-6-9-21-14-15-26-30(34-18-35-31(26)29(21)22)27-13-7-12-24-25-16-17-28(36-33(25)37-32(24)27)23-10-5-4-8-20(23)3/h4-19H,1-3H3. The summed E-state index contributed by atoms with van der Waals surface area (Å²) in [6, 6.07) is 29.5. The van der Waals surface area contributed by atoms with Gasteiger partial charge in [0.1, 0.15) is 11.9 Å². The molecule has 0 saturated carbocycles. The number of aromatic nitrogens is 3. The van der Waals surface area contributed by atoms with Crippen LogP contribution >= 0.6 is 0 Å². The van der Waals surface area contributed by atoms with E-state index in [0.29, 0.717) is 11.6 Å². The molecule has 0 aliphatic heterocycles. The number of para-hydroxylation sites is 1. The second kappa shape index (κ2) is 8.24. The first-order chi connectivity index (χ1) is 18.1. The van der Waals surface area contributed by atoms with E-state index in [1.165, 1.54) is 21.9 Å². The van der Waals surface area contributed by atoms with Crippen molar-refractivity contribution in [1.29, 1.82) is 0 Å². The molecular weight excluding hydrogens is 454 g/mol. The Bertz CT molecular complexity index is 1980. The van der Waals surface area contributed by atoms with Gasteiger partial charge in [-0.2, -0.15) is 0 Å². The van der Waals surface area contributed by atoms with Gasteiger partial charge in [0.05, 0.1) is 16.9 Å². The molecule has 0 spiro atoms. The predicted molar refractivity (Wildman–Crippen MR) is 152 cm³/mol. The van der Waals surface area contributed by atoms with E-state index in [-0.39, 0.29) is 0 Å². The van der Waals surface area contributed by atoms with Gasteiger partial charge in [-0.3, -0.25) is 0 Å². The van der Waals surface area contributed by atoms with Gasteiger partial charge >= 0.3 is 0 Å². The second-order valence-electron chi connectivity index (χ2n) is 9.93. The molecule has 0 bridgehead atoms. The largest absolute Gasteiger partial charge is 0.437 e. The molecule has 0 unspecified atom stereocenters. The van der Waals surface area contributed by atoms with Gasteiger partial charge in [-0.15, -0.1) is 0 Å². The van der Waals surface area contributed by atoms with E-state index >= 15 is 0 Å². The fraction of sp³-hybridized carbons (Fsp3) is 0.121. The highest BCUT2D eigenvalue weighted by molar-refractivity contribution is 6.14. The van der Waals surface area contributed by atoms with Crippen LogP contribution in [0, 0.1) is 6.92 Å². The minimum absolute atomic E-state index is 0.389. The van der Waals surface area contributed by atoms with E-state index in [1.807, 2.05) is 12.1 Å². The fourth-order valence-electron chi connectivity index (χ4n) is 5.50. The summed E-state index contributed by atoms with van der Waals surface area (Å²) in [4.78, 5) is 14.4. The zero-order valence-corrected chi connectivity index (χ0v) is 21.0. The van der Waals surface area contributed by atoms with Gasteiger partial charge in [-0.1, -0.05) is 74.5 Å². The Morgan fingerprint density at radius 1 is 0.703 bits per heavy atom. The summed E-state index contributed by atoms with van der Waals surface area (Å²) in [7, 11) is 0. The number of furan rings is 1. The second-order valence-corrected chi connectivity index (χ2v) is 9.93. The van der Waals surface area contributed by atoms with Crippen LogP contribution in [0.2, 0.25) is 0 Å². The van der Waals surface area contributed by atoms with Crippen molar-refractivity contribution >= 4 is 43.7 Å². The highest BCUT2D eigenvalue weighted by atomic mass is 16.3. The number of fused-ring (bicyclic) bond motifs is 6. The molecule has 0 aliphatic carbocycles. The van der Waals surface area contributed by atoms with Crippen molar-refractivity contribution in [2.24, 2.45) is 0 Å². The van der Waals surface area contributed by atoms with Crippen LogP contribution in [0.5, 0.6) is 0 Å². The van der Waals surface area contributed by atoms with Gasteiger partial charge in [0, 0.05) is 32.7 Å². The zero-order chi connectivity index (χ0) is 25.1. The molecule has 37 heavy (non-hydrogen) atoms. The quantitative estimate of drug-likeness (QED) is 0.238. The van der Waals surface area contributed by atoms with E-state index in [1.54, 1.807) is 6.33 Å². The van der Waals surface area contributed by atoms with Crippen molar-refractivity contribution in [3.05, 3.63) is 102 Å². The van der Waals surface area contributed by atoms with Crippen LogP contribution in [-0.2, 0) is 0 Å². The number of pyridine rings is 1. The minimum atomic E-state index is 0.389. The molecule has 0 radical (unpaired) electrons. The summed E-state index contributed by atoms with van der Waals surface area (Å²) < 4.78 is 6.47. The topological polar surface area (TPSA) is 51.8 Å². The Hall–Kier alpha value is -4.57. The Balaban J connectivity index is 1.49. The smallest absolute Gasteiger partial charge is 0.227 e. The average molecular weight is 480 g/mol. The lowest BCUT2D eigenvalue weighted by atomic mass is 9.93. The Morgan fingerprint density at radius 3 is 2.38 bits per heavy atom. The number of rotatable bonds is 3. The van der Waals surface area contributed by atoms with E-state index in [2.05, 4.69) is 93.6 Å². The van der Waals surface area contributed by atoms with Crippen molar-refractivity contribution in [2.75, 3.05) is 0 Å². The van der Waals surface area contributed by atoms with Gasteiger partial charge in [0.2, 0.25) is 5.71 Å². The van der Waals surface area contributed by atoms with Crippen molar-refractivity contribution in [2.45, 2.75) is 26.7 Å². The molecule has 3 heterocycles. The van der Waals surface area contributed by atoms with Crippen molar-refractivity contribution < 1.29 is 4.42 Å². The molecule has 0 atom stereocenters. The third-order valence-corrected chi connectivity index (χ3v) is 7.34. The first kappa shape index (κ1) is 21.7. The SMILES string of the molecule is Cc1ccccc1-c1ccc2c(n1)oc1c(-c3ncnc4c3ccc3cccc(C(C)C)c34)cccc12. The van der Waals surface area contributed by atoms with Gasteiger partial charge in [-0.25, -0.2) is 15.0 Å². The average Bonchev–Trinajstić information content (AvgIpc) is 3.30. The van der Waals surface area contributed by atoms with Gasteiger partial charge in [0.25, 0.3) is 0 Å². The maximum Gasteiger partial charge on any atom is 0.227 e. The van der Waals surface area contributed by atoms with E-state index in [0.717, 1.165) is 49.8 Å². The van der Waals surface area contributed by atoms with Crippen molar-refractivity contribution in [3.63, 3.8) is 0 Å². The number of hydrogen-bond donors (Lipinski definition) is 0. The summed E-state index contributed by atoms with van der Waals surface area (Å²) in [5.41, 5.74) is 8.72. The predicted octanol–water partition coefficient (Wildman–Crippen LogP) is 8.84. The van der Waals surface area contributed by atoms with Crippen LogP contribution in [0.15, 0.2) is 95.7 Å². The molecule has 7 rings (SSSR count). The van der Waals surface area contributed by atoms with Crippen LogP contribution < -0.4 is 0 Å². The molecule has 178 valence electrons. The van der Waals surface area contributed by atoms with Crippen molar-refractivity contribution in [1.82, 2.24) is 15.0 Å². The lowest BCUT2D eigenvalue weighted by Crippen LogP contribution is -1.94. The lowest BCUT2D eigenvalue weighted by Gasteiger charge is -2.13. The number of aryl methyl sites for hydroxylation is 1. The number of nitrogens with zero attached hydrogens (tertiary/aromatic N) is 3. The third kappa shape index (κ3) is 3.33. The molecule has 4 aromatic carbocycles. The maximum absolute atomic E-state index is 6.47. The van der Waals surface area contributed by atoms with Crippen LogP contribution in [0.4, 0.5) is 0 Å². The number of benzene rings is 4. The Kier molecular flexibility index (Phi) is 4.83. The monoisotopic (exact) mass is 479 g/mol. The molecule has 0 fully saturated rings. The molecule has 0 saturated heterocycles. The molecule has 0 amide bonds. The highest BCUT2D eigenvalue weighted by Gasteiger charge is 2.18. The molecule has 4 heteroatoms. The van der Waals surface area contributed by atoms with E-state index < -0.39 is 0 Å². The summed E-state index contributed by atoms with van der Waals surface area (Å²) in [5, 5.41) is 5.44. The highest BCUT2D eigenvalue weighted by Crippen LogP contribution is 2.39. The minimum Gasteiger partial charge on any atom is -0.437 e. The van der Waals surface area contributed by atoms with E-state index in [9.17, 15) is 0 Å². The number of hydrogen-bond acceptors (Lipinski definition) is 4. The fourth-order valence-corrected chi connectivity index (χ4v) is 5.50. The summed E-state index contributed by atoms with van der Waals surface area (Å²) in [5.74, 6) is 0.389. The van der Waals surface area contributed by atoms with Gasteiger partial charge in [0.15, 0.2) is 0 Å². The first-order valence-electron chi connectivity index (χ1n) is 12.6. The van der Waals surface area contributed by atoms with Crippen LogP contribution in [0.3, 0.4) is 0 Å². The molecule has 0 aliphatic rings. The first-order valence-corrected chi connectivity index (χ1v) is 12.6. The molecule has 7 aromatic rings. The molecular formula is C33H25N3O. The normalized spacial score (nSPS) is 11.9. The van der Waals surface area contributed by atoms with Crippen LogP contribution in [0.1, 0.15) is 30.9 Å². The zero-order valence-electron chi connectivity index (χ0n) is 21.0. The summed E-state index contributed by atoms with van der Waals surface area (Å²) >= 11 is 0. The van der Waals surface area contributed by atoms with E-state index in [4.69, 9.17) is 19.4 Å². The Morgan fingerprint density at radius 2 is 1.51 bits per heavy atom. The van der Waals surface area contributed by atoms with Gasteiger partial charge < -0.3 is 4.42 Å². The summed E-state index contributed by atoms with van der Waals surface area (Å²) in [6.07, 6.45) is 1.67. The lowest BCUT2D eigenvalue weighted by molar-refractivity contribution is 0.655. The summed E-state index contributed by atoms with van der Waals surface area (Å²) in [6.45, 7) is 6.55. The van der Waals surface area contributed by atoms with Crippen molar-refractivity contribution in [3.8, 4) is 22.5 Å². The molecule has 3 aromatic heterocycles. The van der Waals surface area contributed by atoms with Crippen LogP contribution in [0.25, 0.3) is 66.3 Å². The molecule has 4 nitrogen and oxygen atoms in total. The Labute approximate surface area is 214 Å². The maximum atomic E-state index is 6.47. The third-order valence-electron chi connectivity index (χ3n) is 7.34. The van der Waals surface area contributed by atoms with Gasteiger partial charge in [-0.05, 0) is 53.6 Å². The molecule has 0 N–H and O–H groups in total.